The van der Waals surface area contributed by atoms with E-state index >= 15 is 0 Å². The minimum absolute atomic E-state index is 1.06. The molecule has 0 heterocycles. The van der Waals surface area contributed by atoms with Crippen molar-refractivity contribution >= 4 is 5.69 Å². The number of para-hydroxylation sites is 1. The van der Waals surface area contributed by atoms with Gasteiger partial charge in [0, 0.05) is 5.70 Å². The summed E-state index contributed by atoms with van der Waals surface area (Å²) in [6, 6.07) is 10.0. The Balaban J connectivity index is 1.97. The third-order valence-electron chi connectivity index (χ3n) is 2.26. The van der Waals surface area contributed by atoms with Crippen LogP contribution in [-0.2, 0) is 0 Å². The third-order valence-corrected chi connectivity index (χ3v) is 2.26. The first-order valence-corrected chi connectivity index (χ1v) is 4.99. The summed E-state index contributed by atoms with van der Waals surface area (Å²) < 4.78 is 0. The number of rotatable bonds is 3. The molecule has 0 unspecified atom stereocenters. The topological polar surface area (TPSA) is 24.1 Å². The highest BCUT2D eigenvalue weighted by Crippen LogP contribution is 2.11. The molecule has 2 rings (SSSR count). The maximum atomic E-state index is 3.17. The summed E-state index contributed by atoms with van der Waals surface area (Å²) in [6.45, 7) is 2.05. The van der Waals surface area contributed by atoms with Crippen molar-refractivity contribution in [1.82, 2.24) is 5.43 Å². The SMILES string of the molecule is CC(NNc1ccccc1)=C1C=CC=C1. The van der Waals surface area contributed by atoms with Crippen molar-refractivity contribution in [2.24, 2.45) is 0 Å². The van der Waals surface area contributed by atoms with Crippen molar-refractivity contribution in [3.63, 3.8) is 0 Å². The largest absolute Gasteiger partial charge is 0.305 e. The average molecular weight is 198 g/mol. The van der Waals surface area contributed by atoms with Crippen LogP contribution in [-0.4, -0.2) is 0 Å². The van der Waals surface area contributed by atoms with Gasteiger partial charge in [-0.25, -0.2) is 0 Å². The van der Waals surface area contributed by atoms with Gasteiger partial charge in [0.2, 0.25) is 0 Å². The predicted molar refractivity (Wildman–Crippen MR) is 64.2 cm³/mol. The minimum atomic E-state index is 1.06. The molecule has 0 atom stereocenters. The lowest BCUT2D eigenvalue weighted by molar-refractivity contribution is 0.952. The number of nitrogens with one attached hydrogen (secondary N) is 2. The average Bonchev–Trinajstić information content (AvgIpc) is 2.81. The lowest BCUT2D eigenvalue weighted by Gasteiger charge is -2.10. The molecule has 1 aliphatic rings. The van der Waals surface area contributed by atoms with Gasteiger partial charge in [0.15, 0.2) is 0 Å². The smallest absolute Gasteiger partial charge is 0.0539 e. The van der Waals surface area contributed by atoms with Crippen molar-refractivity contribution < 1.29 is 0 Å². The van der Waals surface area contributed by atoms with Crippen molar-refractivity contribution in [3.05, 3.63) is 65.9 Å². The van der Waals surface area contributed by atoms with E-state index in [0.29, 0.717) is 0 Å². The van der Waals surface area contributed by atoms with E-state index in [1.165, 1.54) is 5.57 Å². The molecule has 2 heteroatoms. The van der Waals surface area contributed by atoms with E-state index in [0.717, 1.165) is 11.4 Å². The van der Waals surface area contributed by atoms with E-state index in [1.54, 1.807) is 0 Å². The molecule has 0 radical (unpaired) electrons. The number of benzene rings is 1. The molecule has 2 nitrogen and oxygen atoms in total. The highest BCUT2D eigenvalue weighted by Gasteiger charge is 1.97. The summed E-state index contributed by atoms with van der Waals surface area (Å²) >= 11 is 0. The summed E-state index contributed by atoms with van der Waals surface area (Å²) in [4.78, 5) is 0. The van der Waals surface area contributed by atoms with E-state index in [2.05, 4.69) is 23.0 Å². The second kappa shape index (κ2) is 4.51. The molecule has 0 aliphatic heterocycles. The van der Waals surface area contributed by atoms with Crippen LogP contribution in [0, 0.1) is 0 Å². The van der Waals surface area contributed by atoms with Gasteiger partial charge in [0.1, 0.15) is 0 Å². The number of hydrogen-bond donors (Lipinski definition) is 2. The van der Waals surface area contributed by atoms with Crippen molar-refractivity contribution in [2.75, 3.05) is 5.43 Å². The van der Waals surface area contributed by atoms with Crippen LogP contribution >= 0.6 is 0 Å². The first-order valence-electron chi connectivity index (χ1n) is 4.99. The number of anilines is 1. The molecule has 1 aromatic rings. The van der Waals surface area contributed by atoms with Crippen molar-refractivity contribution in [1.29, 1.82) is 0 Å². The third kappa shape index (κ3) is 2.50. The monoisotopic (exact) mass is 198 g/mol. The quantitative estimate of drug-likeness (QED) is 0.729. The summed E-state index contributed by atoms with van der Waals surface area (Å²) in [5, 5.41) is 0. The first-order chi connectivity index (χ1) is 7.36. The Morgan fingerprint density at radius 1 is 1.00 bits per heavy atom. The fourth-order valence-electron chi connectivity index (χ4n) is 1.38. The molecule has 0 fully saturated rings. The van der Waals surface area contributed by atoms with Crippen LogP contribution in [0.3, 0.4) is 0 Å². The highest BCUT2D eigenvalue weighted by atomic mass is 15.4. The molecular formula is C13H14N2. The predicted octanol–water partition coefficient (Wildman–Crippen LogP) is 3.00. The Bertz CT molecular complexity index is 399. The van der Waals surface area contributed by atoms with E-state index in [1.807, 2.05) is 49.4 Å². The fourth-order valence-corrected chi connectivity index (χ4v) is 1.38. The zero-order chi connectivity index (χ0) is 10.5. The van der Waals surface area contributed by atoms with Gasteiger partial charge in [0.25, 0.3) is 0 Å². The Kier molecular flexibility index (Phi) is 2.88. The summed E-state index contributed by atoms with van der Waals surface area (Å²) in [5.74, 6) is 0. The van der Waals surface area contributed by atoms with Gasteiger partial charge in [-0.2, -0.15) is 0 Å². The van der Waals surface area contributed by atoms with Gasteiger partial charge in [0.05, 0.1) is 5.69 Å². The van der Waals surface area contributed by atoms with Crippen molar-refractivity contribution in [2.45, 2.75) is 6.92 Å². The lowest BCUT2D eigenvalue weighted by Crippen LogP contribution is -2.20. The fraction of sp³-hybridized carbons (Fsp3) is 0.0769. The number of hydrazine groups is 1. The minimum Gasteiger partial charge on any atom is -0.305 e. The van der Waals surface area contributed by atoms with E-state index in [-0.39, 0.29) is 0 Å². The molecule has 15 heavy (non-hydrogen) atoms. The van der Waals surface area contributed by atoms with Gasteiger partial charge < -0.3 is 10.9 Å². The second-order valence-corrected chi connectivity index (χ2v) is 3.41. The molecule has 0 saturated carbocycles. The maximum absolute atomic E-state index is 3.17. The first kappa shape index (κ1) is 9.59. The maximum Gasteiger partial charge on any atom is 0.0539 e. The van der Waals surface area contributed by atoms with Crippen LogP contribution in [0.2, 0.25) is 0 Å². The Morgan fingerprint density at radius 2 is 1.67 bits per heavy atom. The summed E-state index contributed by atoms with van der Waals surface area (Å²) in [6.07, 6.45) is 8.22. The molecule has 0 aromatic heterocycles. The van der Waals surface area contributed by atoms with Crippen LogP contribution in [0.5, 0.6) is 0 Å². The van der Waals surface area contributed by atoms with Gasteiger partial charge in [-0.05, 0) is 24.6 Å². The van der Waals surface area contributed by atoms with Gasteiger partial charge in [-0.3, -0.25) is 0 Å². The summed E-state index contributed by atoms with van der Waals surface area (Å²) in [7, 11) is 0. The zero-order valence-corrected chi connectivity index (χ0v) is 8.70. The zero-order valence-electron chi connectivity index (χ0n) is 8.70. The van der Waals surface area contributed by atoms with E-state index in [4.69, 9.17) is 0 Å². The molecule has 1 aromatic carbocycles. The van der Waals surface area contributed by atoms with Gasteiger partial charge in [-0.1, -0.05) is 42.5 Å². The van der Waals surface area contributed by atoms with E-state index in [9.17, 15) is 0 Å². The Morgan fingerprint density at radius 3 is 2.33 bits per heavy atom. The molecular weight excluding hydrogens is 184 g/mol. The van der Waals surface area contributed by atoms with Gasteiger partial charge in [-0.15, -0.1) is 0 Å². The molecule has 1 aliphatic carbocycles. The molecule has 0 spiro atoms. The normalized spacial score (nSPS) is 13.0. The summed E-state index contributed by atoms with van der Waals surface area (Å²) in [5.41, 5.74) is 9.69. The van der Waals surface area contributed by atoms with Crippen molar-refractivity contribution in [3.8, 4) is 0 Å². The Hall–Kier alpha value is -1.96. The van der Waals surface area contributed by atoms with Crippen LogP contribution < -0.4 is 10.9 Å². The highest BCUT2D eigenvalue weighted by molar-refractivity contribution is 5.45. The van der Waals surface area contributed by atoms with Crippen LogP contribution in [0.1, 0.15) is 6.92 Å². The van der Waals surface area contributed by atoms with Crippen LogP contribution in [0.15, 0.2) is 65.9 Å². The molecule has 0 amide bonds. The Labute approximate surface area is 90.0 Å². The number of allylic oxidation sites excluding steroid dienone is 6. The number of hydrogen-bond acceptors (Lipinski definition) is 2. The second-order valence-electron chi connectivity index (χ2n) is 3.41. The van der Waals surface area contributed by atoms with Crippen LogP contribution in [0.4, 0.5) is 5.69 Å². The molecule has 2 N–H and O–H groups in total. The standard InChI is InChI=1S/C13H14N2/c1-11(12-7-5-6-8-12)14-15-13-9-3-2-4-10-13/h2-10,14-15H,1H3. The van der Waals surface area contributed by atoms with E-state index < -0.39 is 0 Å². The lowest BCUT2D eigenvalue weighted by atomic mass is 10.2. The van der Waals surface area contributed by atoms with Crippen LogP contribution in [0.25, 0.3) is 0 Å². The van der Waals surface area contributed by atoms with Gasteiger partial charge >= 0.3 is 0 Å². The molecule has 76 valence electrons. The molecule has 0 bridgehead atoms. The molecule has 0 saturated heterocycles.